The SMILES string of the molecule is OC(c1ccc(Cl)c(Cl)c1)C1(O)CCCCC1. The maximum Gasteiger partial charge on any atom is 0.108 e. The van der Waals surface area contributed by atoms with Crippen LogP contribution in [0.2, 0.25) is 10.0 Å². The first-order valence-electron chi connectivity index (χ1n) is 5.88. The lowest BCUT2D eigenvalue weighted by molar-refractivity contribution is -0.0991. The fourth-order valence-corrected chi connectivity index (χ4v) is 2.74. The number of hydrogen-bond donors (Lipinski definition) is 2. The van der Waals surface area contributed by atoms with Gasteiger partial charge in [-0.05, 0) is 30.5 Å². The van der Waals surface area contributed by atoms with Gasteiger partial charge in [-0.3, -0.25) is 0 Å². The third kappa shape index (κ3) is 2.76. The van der Waals surface area contributed by atoms with Gasteiger partial charge < -0.3 is 10.2 Å². The van der Waals surface area contributed by atoms with Crippen LogP contribution in [-0.4, -0.2) is 15.8 Å². The molecular formula is C13H16Cl2O2. The van der Waals surface area contributed by atoms with E-state index in [9.17, 15) is 10.2 Å². The van der Waals surface area contributed by atoms with E-state index in [0.29, 0.717) is 28.5 Å². The molecule has 2 nitrogen and oxygen atoms in total. The van der Waals surface area contributed by atoms with Crippen LogP contribution in [0.4, 0.5) is 0 Å². The summed E-state index contributed by atoms with van der Waals surface area (Å²) in [5.74, 6) is 0. The Morgan fingerprint density at radius 1 is 1.06 bits per heavy atom. The second kappa shape index (κ2) is 5.15. The van der Waals surface area contributed by atoms with E-state index in [1.165, 1.54) is 0 Å². The lowest BCUT2D eigenvalue weighted by atomic mass is 9.78. The highest BCUT2D eigenvalue weighted by Gasteiger charge is 2.37. The molecule has 2 N–H and O–H groups in total. The van der Waals surface area contributed by atoms with Gasteiger partial charge in [-0.1, -0.05) is 48.5 Å². The van der Waals surface area contributed by atoms with Crippen molar-refractivity contribution < 1.29 is 10.2 Å². The number of hydrogen-bond acceptors (Lipinski definition) is 2. The fourth-order valence-electron chi connectivity index (χ4n) is 2.43. The fraction of sp³-hybridized carbons (Fsp3) is 0.538. The smallest absolute Gasteiger partial charge is 0.108 e. The second-order valence-electron chi connectivity index (χ2n) is 4.74. The molecule has 0 amide bonds. The molecule has 0 aromatic heterocycles. The first-order chi connectivity index (χ1) is 8.03. The van der Waals surface area contributed by atoms with E-state index in [1.54, 1.807) is 18.2 Å². The van der Waals surface area contributed by atoms with Crippen molar-refractivity contribution in [3.8, 4) is 0 Å². The third-order valence-electron chi connectivity index (χ3n) is 3.49. The first-order valence-corrected chi connectivity index (χ1v) is 6.64. The Morgan fingerprint density at radius 3 is 2.29 bits per heavy atom. The maximum absolute atomic E-state index is 10.4. The van der Waals surface area contributed by atoms with E-state index in [4.69, 9.17) is 23.2 Å². The monoisotopic (exact) mass is 274 g/mol. The van der Waals surface area contributed by atoms with Crippen molar-refractivity contribution >= 4 is 23.2 Å². The molecular weight excluding hydrogens is 259 g/mol. The zero-order valence-corrected chi connectivity index (χ0v) is 11.0. The van der Waals surface area contributed by atoms with E-state index in [1.807, 2.05) is 0 Å². The second-order valence-corrected chi connectivity index (χ2v) is 5.55. The average Bonchev–Trinajstić information content (AvgIpc) is 2.33. The van der Waals surface area contributed by atoms with Crippen LogP contribution in [-0.2, 0) is 0 Å². The molecule has 1 saturated carbocycles. The minimum atomic E-state index is -1.02. The molecule has 1 aromatic carbocycles. The normalized spacial score (nSPS) is 21.2. The molecule has 0 saturated heterocycles. The Morgan fingerprint density at radius 2 is 1.71 bits per heavy atom. The van der Waals surface area contributed by atoms with Crippen LogP contribution in [0, 0.1) is 0 Å². The predicted octanol–water partition coefficient (Wildman–Crippen LogP) is 3.72. The van der Waals surface area contributed by atoms with E-state index in [0.717, 1.165) is 19.3 Å². The number of aliphatic hydroxyl groups is 2. The topological polar surface area (TPSA) is 40.5 Å². The van der Waals surface area contributed by atoms with Crippen molar-refractivity contribution in [2.75, 3.05) is 0 Å². The molecule has 0 aliphatic heterocycles. The highest BCUT2D eigenvalue weighted by Crippen LogP contribution is 2.39. The van der Waals surface area contributed by atoms with Crippen molar-refractivity contribution in [1.82, 2.24) is 0 Å². The van der Waals surface area contributed by atoms with Gasteiger partial charge >= 0.3 is 0 Å². The number of aliphatic hydroxyl groups excluding tert-OH is 1. The van der Waals surface area contributed by atoms with Gasteiger partial charge in [0.2, 0.25) is 0 Å². The molecule has 4 heteroatoms. The molecule has 17 heavy (non-hydrogen) atoms. The molecule has 1 aliphatic rings. The first kappa shape index (κ1) is 13.2. The zero-order valence-electron chi connectivity index (χ0n) is 9.50. The Kier molecular flexibility index (Phi) is 3.99. The van der Waals surface area contributed by atoms with E-state index >= 15 is 0 Å². The lowest BCUT2D eigenvalue weighted by Gasteiger charge is -2.36. The van der Waals surface area contributed by atoms with Crippen molar-refractivity contribution in [1.29, 1.82) is 0 Å². The van der Waals surface area contributed by atoms with Gasteiger partial charge in [-0.15, -0.1) is 0 Å². The average molecular weight is 275 g/mol. The van der Waals surface area contributed by atoms with Gasteiger partial charge in [0.25, 0.3) is 0 Å². The van der Waals surface area contributed by atoms with Crippen LogP contribution >= 0.6 is 23.2 Å². The molecule has 1 aromatic rings. The molecule has 2 rings (SSSR count). The van der Waals surface area contributed by atoms with Gasteiger partial charge in [0.1, 0.15) is 6.10 Å². The van der Waals surface area contributed by atoms with Crippen molar-refractivity contribution in [2.24, 2.45) is 0 Å². The van der Waals surface area contributed by atoms with Gasteiger partial charge in [-0.2, -0.15) is 0 Å². The molecule has 94 valence electrons. The summed E-state index contributed by atoms with van der Waals surface area (Å²) in [6.45, 7) is 0. The largest absolute Gasteiger partial charge is 0.387 e. The summed E-state index contributed by atoms with van der Waals surface area (Å²) in [7, 11) is 0. The molecule has 1 fully saturated rings. The minimum Gasteiger partial charge on any atom is -0.387 e. The van der Waals surface area contributed by atoms with Crippen molar-refractivity contribution in [3.05, 3.63) is 33.8 Å². The van der Waals surface area contributed by atoms with Crippen LogP contribution < -0.4 is 0 Å². The molecule has 0 bridgehead atoms. The molecule has 1 aliphatic carbocycles. The highest BCUT2D eigenvalue weighted by atomic mass is 35.5. The summed E-state index contributed by atoms with van der Waals surface area (Å²) in [6.07, 6.45) is 3.40. The number of benzene rings is 1. The molecule has 1 atom stereocenters. The Balaban J connectivity index is 2.23. The van der Waals surface area contributed by atoms with Crippen LogP contribution in [0.3, 0.4) is 0 Å². The van der Waals surface area contributed by atoms with Gasteiger partial charge in [0, 0.05) is 0 Å². The molecule has 1 unspecified atom stereocenters. The Hall–Kier alpha value is -0.280. The summed E-state index contributed by atoms with van der Waals surface area (Å²) < 4.78 is 0. The van der Waals surface area contributed by atoms with Gasteiger partial charge in [0.05, 0.1) is 15.6 Å². The summed E-state index contributed by atoms with van der Waals surface area (Å²) in [5.41, 5.74) is -0.390. The number of halogens is 2. The van der Waals surface area contributed by atoms with E-state index in [2.05, 4.69) is 0 Å². The summed E-state index contributed by atoms with van der Waals surface area (Å²) in [6, 6.07) is 4.99. The van der Waals surface area contributed by atoms with E-state index in [-0.39, 0.29) is 0 Å². The molecule has 0 radical (unpaired) electrons. The van der Waals surface area contributed by atoms with Crippen LogP contribution in [0.1, 0.15) is 43.8 Å². The minimum absolute atomic E-state index is 0.405. The van der Waals surface area contributed by atoms with Crippen LogP contribution in [0.5, 0.6) is 0 Å². The summed E-state index contributed by atoms with van der Waals surface area (Å²) >= 11 is 11.7. The van der Waals surface area contributed by atoms with Gasteiger partial charge in [-0.25, -0.2) is 0 Å². The Bertz CT molecular complexity index is 400. The van der Waals surface area contributed by atoms with Crippen molar-refractivity contribution in [3.63, 3.8) is 0 Å². The lowest BCUT2D eigenvalue weighted by Crippen LogP contribution is -2.38. The maximum atomic E-state index is 10.4. The molecule has 0 heterocycles. The van der Waals surface area contributed by atoms with Crippen LogP contribution in [0.15, 0.2) is 18.2 Å². The third-order valence-corrected chi connectivity index (χ3v) is 4.23. The van der Waals surface area contributed by atoms with Gasteiger partial charge in [0.15, 0.2) is 0 Å². The summed E-state index contributed by atoms with van der Waals surface area (Å²) in [4.78, 5) is 0. The quantitative estimate of drug-likeness (QED) is 0.863. The summed E-state index contributed by atoms with van der Waals surface area (Å²) in [5, 5.41) is 21.6. The Labute approximate surface area is 111 Å². The van der Waals surface area contributed by atoms with Crippen LogP contribution in [0.25, 0.3) is 0 Å². The standard InChI is InChI=1S/C13H16Cl2O2/c14-10-5-4-9(8-11(10)15)12(16)13(17)6-2-1-3-7-13/h4-5,8,12,16-17H,1-3,6-7H2. The van der Waals surface area contributed by atoms with E-state index < -0.39 is 11.7 Å². The molecule has 0 spiro atoms. The zero-order chi connectivity index (χ0) is 12.5. The number of rotatable bonds is 2. The highest BCUT2D eigenvalue weighted by molar-refractivity contribution is 6.42. The predicted molar refractivity (Wildman–Crippen MR) is 69.5 cm³/mol. The van der Waals surface area contributed by atoms with Crippen molar-refractivity contribution in [2.45, 2.75) is 43.8 Å².